The summed E-state index contributed by atoms with van der Waals surface area (Å²) in [5, 5.41) is 0. The van der Waals surface area contributed by atoms with Gasteiger partial charge < -0.3 is 0 Å². The van der Waals surface area contributed by atoms with E-state index in [9.17, 15) is 0 Å². The van der Waals surface area contributed by atoms with E-state index in [1.54, 1.807) is 6.08 Å². The molecule has 1 heteroatoms. The molecule has 1 aliphatic carbocycles. The molecule has 0 fully saturated rings. The molecule has 1 atom stereocenters. The maximum atomic E-state index is 5.56. The Morgan fingerprint density at radius 2 is 1.08 bits per heavy atom. The van der Waals surface area contributed by atoms with Gasteiger partial charge in [-0.25, -0.2) is 0 Å². The maximum absolute atomic E-state index is 5.56. The van der Waals surface area contributed by atoms with Gasteiger partial charge in [-0.3, -0.25) is 4.99 Å². The summed E-state index contributed by atoms with van der Waals surface area (Å²) in [4.78, 5) is 5.56. The second kappa shape index (κ2) is 16.5. The Bertz CT molecular complexity index is 3090. The summed E-state index contributed by atoms with van der Waals surface area (Å²) in [6.07, 6.45) is 5.67. The Balaban J connectivity index is 1.14. The number of nitrogens with zero attached hydrogens (tertiary/aromatic N) is 1. The zero-order chi connectivity index (χ0) is 42.9. The minimum atomic E-state index is -0.492. The second-order valence-corrected chi connectivity index (χ2v) is 16.4. The Morgan fingerprint density at radius 1 is 0.524 bits per heavy atom. The van der Waals surface area contributed by atoms with Crippen LogP contribution in [0.1, 0.15) is 57.5 Å². The molecule has 1 unspecified atom stereocenters. The zero-order valence-corrected chi connectivity index (χ0v) is 35.5. The molecule has 10 rings (SSSR count). The smallest absolute Gasteiger partial charge is 0.101 e. The molecule has 1 nitrogen and oxygen atoms in total. The molecule has 8 aromatic rings. The lowest BCUT2D eigenvalue weighted by Crippen LogP contribution is -2.28. The molecule has 0 radical (unpaired) electrons. The lowest BCUT2D eigenvalue weighted by atomic mass is 9.67. The van der Waals surface area contributed by atoms with Crippen molar-refractivity contribution in [2.24, 2.45) is 4.99 Å². The predicted octanol–water partition coefficient (Wildman–Crippen LogP) is 15.7. The van der Waals surface area contributed by atoms with Crippen molar-refractivity contribution in [2.45, 2.75) is 18.4 Å². The van der Waals surface area contributed by atoms with Crippen molar-refractivity contribution in [2.75, 3.05) is 0 Å². The Kier molecular flexibility index (Phi) is 10.3. The third kappa shape index (κ3) is 6.80. The van der Waals surface area contributed by atoms with Crippen LogP contribution in [0.4, 0.5) is 0 Å². The van der Waals surface area contributed by atoms with Gasteiger partial charge in [0.2, 0.25) is 0 Å². The van der Waals surface area contributed by atoms with Gasteiger partial charge in [0.25, 0.3) is 0 Å². The minimum absolute atomic E-state index is 0.307. The van der Waals surface area contributed by atoms with Gasteiger partial charge in [-0.1, -0.05) is 232 Å². The number of hydrogen-bond acceptors (Lipinski definition) is 1. The standard InChI is InChI=1S/C62H47N/c1-5-6-21-42(2)45-32-34-47(35-33-45)59-43(3)60(48-24-13-8-14-25-48)63-61(44(59)4)50-37-38-53(56(40-50)46-22-11-7-12-23-46)49-36-39-55-54-30-19-20-31-57(54)62(58(55)41-49,51-26-15-9-16-27-51)52-28-17-10-18-29-52/h5-41,61H,1-2,4H2,3H3/b21-6-. The number of fused-ring (bicyclic) bond motifs is 3. The van der Waals surface area contributed by atoms with Gasteiger partial charge >= 0.3 is 0 Å². The lowest BCUT2D eigenvalue weighted by Gasteiger charge is -2.34. The average Bonchev–Trinajstić information content (AvgIpc) is 3.65. The number of dihydropyridines is 1. The maximum Gasteiger partial charge on any atom is 0.101 e. The first-order chi connectivity index (χ1) is 31.0. The van der Waals surface area contributed by atoms with Crippen molar-refractivity contribution < 1.29 is 0 Å². The van der Waals surface area contributed by atoms with E-state index in [0.717, 1.165) is 61.4 Å². The highest BCUT2D eigenvalue weighted by Crippen LogP contribution is 2.57. The van der Waals surface area contributed by atoms with E-state index in [2.05, 4.69) is 226 Å². The highest BCUT2D eigenvalue weighted by molar-refractivity contribution is 6.19. The van der Waals surface area contributed by atoms with Crippen LogP contribution in [0.25, 0.3) is 44.5 Å². The van der Waals surface area contributed by atoms with Crippen LogP contribution in [0.2, 0.25) is 0 Å². The first-order valence-electron chi connectivity index (χ1n) is 21.6. The SMILES string of the molecule is C=C/C=C\C(=C)c1ccc(C2=C(C)C(c3ccccc3)=NC(c3ccc(-c4ccc5c(c4)C(c4ccccc4)(c4ccccc4)c4ccccc4-5)c(-c4ccccc4)c3)C2=C)cc1. The molecule has 0 saturated carbocycles. The normalized spacial score (nSPS) is 15.2. The van der Waals surface area contributed by atoms with E-state index in [1.807, 2.05) is 12.2 Å². The summed E-state index contributed by atoms with van der Waals surface area (Å²) in [5.74, 6) is 0. The van der Waals surface area contributed by atoms with Crippen molar-refractivity contribution in [1.82, 2.24) is 0 Å². The average molecular weight is 806 g/mol. The van der Waals surface area contributed by atoms with Gasteiger partial charge in [-0.15, -0.1) is 0 Å². The molecule has 0 amide bonds. The number of hydrogen-bond donors (Lipinski definition) is 0. The van der Waals surface area contributed by atoms with E-state index < -0.39 is 5.41 Å². The largest absolute Gasteiger partial charge is 0.272 e. The highest BCUT2D eigenvalue weighted by atomic mass is 14.8. The molecule has 2 aliphatic rings. The third-order valence-electron chi connectivity index (χ3n) is 12.9. The molecule has 0 spiro atoms. The first kappa shape index (κ1) is 39.3. The van der Waals surface area contributed by atoms with Gasteiger partial charge in [-0.2, -0.15) is 0 Å². The second-order valence-electron chi connectivity index (χ2n) is 16.4. The Labute approximate surface area is 371 Å². The van der Waals surface area contributed by atoms with Gasteiger partial charge in [0, 0.05) is 0 Å². The highest BCUT2D eigenvalue weighted by Gasteiger charge is 2.46. The molecule has 300 valence electrons. The summed E-state index contributed by atoms with van der Waals surface area (Å²) in [6, 6.07) is 74.7. The molecule has 0 N–H and O–H groups in total. The van der Waals surface area contributed by atoms with Crippen LogP contribution in [0.15, 0.2) is 260 Å². The molecule has 8 aromatic carbocycles. The molecule has 1 heterocycles. The van der Waals surface area contributed by atoms with Gasteiger partial charge in [-0.05, 0) is 119 Å². The van der Waals surface area contributed by atoms with Crippen LogP contribution in [0, 0.1) is 0 Å². The van der Waals surface area contributed by atoms with E-state index in [0.29, 0.717) is 0 Å². The van der Waals surface area contributed by atoms with E-state index in [1.165, 1.54) is 44.5 Å². The van der Waals surface area contributed by atoms with Crippen molar-refractivity contribution in [3.05, 3.63) is 300 Å². The van der Waals surface area contributed by atoms with Crippen LogP contribution >= 0.6 is 0 Å². The third-order valence-corrected chi connectivity index (χ3v) is 12.9. The Hall–Kier alpha value is -7.87. The molecular weight excluding hydrogens is 759 g/mol. The molecule has 1 aliphatic heterocycles. The lowest BCUT2D eigenvalue weighted by molar-refractivity contribution is 0.769. The topological polar surface area (TPSA) is 12.4 Å². The Morgan fingerprint density at radius 3 is 1.73 bits per heavy atom. The molecule has 0 aromatic heterocycles. The summed E-state index contributed by atoms with van der Waals surface area (Å²) < 4.78 is 0. The first-order valence-corrected chi connectivity index (χ1v) is 21.6. The fraction of sp³-hybridized carbons (Fsp3) is 0.0484. The van der Waals surface area contributed by atoms with Crippen molar-refractivity contribution in [1.29, 1.82) is 0 Å². The summed E-state index contributed by atoms with van der Waals surface area (Å²) in [5.41, 5.74) is 21.3. The minimum Gasteiger partial charge on any atom is -0.272 e. The predicted molar refractivity (Wildman–Crippen MR) is 267 cm³/mol. The van der Waals surface area contributed by atoms with Crippen molar-refractivity contribution in [3.63, 3.8) is 0 Å². The molecule has 0 saturated heterocycles. The monoisotopic (exact) mass is 805 g/mol. The van der Waals surface area contributed by atoms with E-state index in [-0.39, 0.29) is 6.04 Å². The van der Waals surface area contributed by atoms with Crippen LogP contribution in [0.5, 0.6) is 0 Å². The van der Waals surface area contributed by atoms with Crippen LogP contribution in [-0.4, -0.2) is 5.71 Å². The van der Waals surface area contributed by atoms with E-state index >= 15 is 0 Å². The van der Waals surface area contributed by atoms with Crippen molar-refractivity contribution in [3.8, 4) is 33.4 Å². The fourth-order valence-electron chi connectivity index (χ4n) is 9.95. The molecule has 63 heavy (non-hydrogen) atoms. The van der Waals surface area contributed by atoms with Crippen LogP contribution in [-0.2, 0) is 5.41 Å². The van der Waals surface area contributed by atoms with Gasteiger partial charge in [0.1, 0.15) is 6.04 Å². The summed E-state index contributed by atoms with van der Waals surface area (Å²) >= 11 is 0. The number of benzene rings is 8. The molecular formula is C62H47N. The van der Waals surface area contributed by atoms with E-state index in [4.69, 9.17) is 11.6 Å². The number of allylic oxidation sites excluding steroid dienone is 5. The van der Waals surface area contributed by atoms with Gasteiger partial charge in [0.05, 0.1) is 11.1 Å². The number of aliphatic imine (C=N–C) groups is 1. The van der Waals surface area contributed by atoms with Crippen molar-refractivity contribution >= 4 is 16.9 Å². The van der Waals surface area contributed by atoms with Crippen LogP contribution < -0.4 is 0 Å². The summed E-state index contributed by atoms with van der Waals surface area (Å²) in [7, 11) is 0. The molecule has 0 bridgehead atoms. The fourth-order valence-corrected chi connectivity index (χ4v) is 9.95. The van der Waals surface area contributed by atoms with Crippen LogP contribution in [0.3, 0.4) is 0 Å². The zero-order valence-electron chi connectivity index (χ0n) is 35.5. The quantitative estimate of drug-likeness (QED) is 0.122. The van der Waals surface area contributed by atoms with Gasteiger partial charge in [0.15, 0.2) is 0 Å². The number of rotatable bonds is 10. The summed E-state index contributed by atoms with van der Waals surface area (Å²) in [6.45, 7) is 15.1.